The number of rotatable bonds is 4. The number of hydrogen-bond donors (Lipinski definition) is 2. The Labute approximate surface area is 101 Å². The van der Waals surface area contributed by atoms with Crippen molar-refractivity contribution >= 4 is 10.9 Å². The van der Waals surface area contributed by atoms with Crippen LogP contribution < -0.4 is 11.3 Å². The number of nitrogens with one attached hydrogen (secondary N) is 1. The highest BCUT2D eigenvalue weighted by Crippen LogP contribution is 2.20. The summed E-state index contributed by atoms with van der Waals surface area (Å²) in [6.45, 7) is 5.90. The fourth-order valence-corrected chi connectivity index (χ4v) is 1.87. The molecule has 3 nitrogen and oxygen atoms in total. The highest BCUT2D eigenvalue weighted by molar-refractivity contribution is 5.78. The second-order valence-electron chi connectivity index (χ2n) is 4.31. The first-order chi connectivity index (χ1) is 8.20. The quantitative estimate of drug-likeness (QED) is 0.479. The summed E-state index contributed by atoms with van der Waals surface area (Å²) < 4.78 is 0. The molecule has 0 fully saturated rings. The maximum Gasteiger partial charge on any atom is 0.0706 e. The molecule has 0 radical (unpaired) electrons. The molecule has 0 saturated heterocycles. The minimum Gasteiger partial charge on any atom is -0.271 e. The van der Waals surface area contributed by atoms with E-state index in [0.29, 0.717) is 0 Å². The van der Waals surface area contributed by atoms with Crippen LogP contribution >= 0.6 is 0 Å². The van der Waals surface area contributed by atoms with Gasteiger partial charge in [0.05, 0.1) is 17.3 Å². The van der Waals surface area contributed by atoms with Crippen molar-refractivity contribution in [3.8, 4) is 0 Å². The average Bonchev–Trinajstić information content (AvgIpc) is 2.35. The lowest BCUT2D eigenvalue weighted by molar-refractivity contribution is 0.538. The van der Waals surface area contributed by atoms with Crippen molar-refractivity contribution in [2.45, 2.75) is 19.4 Å². The molecule has 1 atom stereocenters. The number of nitrogens with two attached hydrogens (primary N) is 1. The third-order valence-electron chi connectivity index (χ3n) is 2.73. The normalized spacial score (nSPS) is 12.6. The third kappa shape index (κ3) is 2.70. The van der Waals surface area contributed by atoms with Crippen molar-refractivity contribution < 1.29 is 0 Å². The molecule has 2 rings (SSSR count). The summed E-state index contributed by atoms with van der Waals surface area (Å²) in [7, 11) is 0. The Morgan fingerprint density at radius 3 is 2.82 bits per heavy atom. The van der Waals surface area contributed by atoms with Gasteiger partial charge in [-0.25, -0.2) is 0 Å². The lowest BCUT2D eigenvalue weighted by Crippen LogP contribution is -2.28. The smallest absolute Gasteiger partial charge is 0.0706 e. The van der Waals surface area contributed by atoms with E-state index in [4.69, 9.17) is 5.84 Å². The second kappa shape index (κ2) is 5.08. The van der Waals surface area contributed by atoms with E-state index in [1.165, 1.54) is 0 Å². The molecule has 2 aromatic rings. The van der Waals surface area contributed by atoms with Gasteiger partial charge in [0.15, 0.2) is 0 Å². The average molecular weight is 227 g/mol. The van der Waals surface area contributed by atoms with Gasteiger partial charge < -0.3 is 0 Å². The van der Waals surface area contributed by atoms with E-state index in [1.807, 2.05) is 31.2 Å². The van der Waals surface area contributed by atoms with Crippen LogP contribution in [-0.4, -0.2) is 4.98 Å². The second-order valence-corrected chi connectivity index (χ2v) is 4.31. The van der Waals surface area contributed by atoms with Crippen molar-refractivity contribution in [1.82, 2.24) is 10.4 Å². The number of pyridine rings is 1. The molecule has 3 heteroatoms. The van der Waals surface area contributed by atoms with E-state index in [-0.39, 0.29) is 6.04 Å². The van der Waals surface area contributed by atoms with Crippen LogP contribution in [0, 0.1) is 0 Å². The van der Waals surface area contributed by atoms with Crippen LogP contribution in [0.5, 0.6) is 0 Å². The van der Waals surface area contributed by atoms with Gasteiger partial charge in [-0.2, -0.15) is 0 Å². The first kappa shape index (κ1) is 11.8. The molecule has 1 heterocycles. The first-order valence-electron chi connectivity index (χ1n) is 5.67. The molecule has 1 unspecified atom stereocenters. The van der Waals surface area contributed by atoms with Gasteiger partial charge in [0, 0.05) is 5.39 Å². The van der Waals surface area contributed by atoms with Gasteiger partial charge in [0.25, 0.3) is 0 Å². The highest BCUT2D eigenvalue weighted by Gasteiger charge is 2.11. The Morgan fingerprint density at radius 2 is 2.12 bits per heavy atom. The predicted octanol–water partition coefficient (Wildman–Crippen LogP) is 2.71. The van der Waals surface area contributed by atoms with Gasteiger partial charge >= 0.3 is 0 Å². The summed E-state index contributed by atoms with van der Waals surface area (Å²) in [6.07, 6.45) is 0.793. The number of aromatic nitrogens is 1. The summed E-state index contributed by atoms with van der Waals surface area (Å²) >= 11 is 0. The lowest BCUT2D eigenvalue weighted by atomic mass is 10.0. The molecular formula is C14H17N3. The van der Waals surface area contributed by atoms with Gasteiger partial charge in [0.1, 0.15) is 0 Å². The fraction of sp³-hybridized carbons (Fsp3) is 0.214. The van der Waals surface area contributed by atoms with Gasteiger partial charge in [0.2, 0.25) is 0 Å². The zero-order valence-electron chi connectivity index (χ0n) is 9.98. The molecule has 3 N–H and O–H groups in total. The lowest BCUT2D eigenvalue weighted by Gasteiger charge is -2.15. The number of hydrazine groups is 1. The molecule has 0 saturated carbocycles. The van der Waals surface area contributed by atoms with Gasteiger partial charge in [-0.05, 0) is 25.5 Å². The van der Waals surface area contributed by atoms with Crippen molar-refractivity contribution in [3.05, 3.63) is 54.2 Å². The molecular weight excluding hydrogens is 210 g/mol. The minimum atomic E-state index is 0.0251. The molecule has 1 aromatic carbocycles. The predicted molar refractivity (Wildman–Crippen MR) is 71.2 cm³/mol. The zero-order valence-corrected chi connectivity index (χ0v) is 9.98. The first-order valence-corrected chi connectivity index (χ1v) is 5.67. The van der Waals surface area contributed by atoms with Crippen LogP contribution in [0.1, 0.15) is 25.1 Å². The Bertz CT molecular complexity index is 534. The van der Waals surface area contributed by atoms with Gasteiger partial charge in [-0.3, -0.25) is 16.3 Å². The molecule has 0 amide bonds. The van der Waals surface area contributed by atoms with E-state index >= 15 is 0 Å². The van der Waals surface area contributed by atoms with Gasteiger partial charge in [-0.1, -0.05) is 29.8 Å². The summed E-state index contributed by atoms with van der Waals surface area (Å²) in [5, 5.41) is 1.14. The van der Waals surface area contributed by atoms with Crippen molar-refractivity contribution in [2.75, 3.05) is 0 Å². The van der Waals surface area contributed by atoms with Crippen LogP contribution in [0.4, 0.5) is 0 Å². The number of para-hydroxylation sites is 1. The third-order valence-corrected chi connectivity index (χ3v) is 2.73. The van der Waals surface area contributed by atoms with E-state index in [0.717, 1.165) is 28.6 Å². The molecule has 0 aliphatic rings. The molecule has 17 heavy (non-hydrogen) atoms. The Morgan fingerprint density at radius 1 is 1.35 bits per heavy atom. The van der Waals surface area contributed by atoms with Crippen molar-refractivity contribution in [2.24, 2.45) is 5.84 Å². The highest BCUT2D eigenvalue weighted by atomic mass is 15.2. The van der Waals surface area contributed by atoms with E-state index in [1.54, 1.807) is 0 Å². The Balaban J connectivity index is 2.37. The SMILES string of the molecule is C=C(C)CC(NN)c1ccc2ccccc2n1. The molecule has 1 aromatic heterocycles. The van der Waals surface area contributed by atoms with E-state index < -0.39 is 0 Å². The zero-order chi connectivity index (χ0) is 12.3. The van der Waals surface area contributed by atoms with Crippen LogP contribution in [0.25, 0.3) is 10.9 Å². The minimum absolute atomic E-state index is 0.0251. The standard InChI is InChI=1S/C14H17N3/c1-10(2)9-14(17-15)13-8-7-11-5-3-4-6-12(11)16-13/h3-8,14,17H,1,9,15H2,2H3. The van der Waals surface area contributed by atoms with E-state index in [2.05, 4.69) is 29.1 Å². The molecule has 0 aliphatic carbocycles. The number of hydrogen-bond acceptors (Lipinski definition) is 3. The molecule has 88 valence electrons. The van der Waals surface area contributed by atoms with Gasteiger partial charge in [-0.15, -0.1) is 6.58 Å². The van der Waals surface area contributed by atoms with Crippen LogP contribution in [0.3, 0.4) is 0 Å². The maximum absolute atomic E-state index is 5.57. The van der Waals surface area contributed by atoms with Crippen LogP contribution in [0.15, 0.2) is 48.6 Å². The summed E-state index contributed by atoms with van der Waals surface area (Å²) in [5.41, 5.74) is 5.82. The summed E-state index contributed by atoms with van der Waals surface area (Å²) in [6, 6.07) is 12.2. The molecule has 0 bridgehead atoms. The maximum atomic E-state index is 5.57. The van der Waals surface area contributed by atoms with Crippen molar-refractivity contribution in [3.63, 3.8) is 0 Å². The Hall–Kier alpha value is -1.71. The molecule has 0 spiro atoms. The van der Waals surface area contributed by atoms with E-state index in [9.17, 15) is 0 Å². The fourth-order valence-electron chi connectivity index (χ4n) is 1.87. The Kier molecular flexibility index (Phi) is 3.52. The van der Waals surface area contributed by atoms with Crippen LogP contribution in [-0.2, 0) is 0 Å². The number of benzene rings is 1. The summed E-state index contributed by atoms with van der Waals surface area (Å²) in [5.74, 6) is 5.57. The number of nitrogens with zero attached hydrogens (tertiary/aromatic N) is 1. The van der Waals surface area contributed by atoms with Crippen LogP contribution in [0.2, 0.25) is 0 Å². The summed E-state index contributed by atoms with van der Waals surface area (Å²) in [4.78, 5) is 4.62. The topological polar surface area (TPSA) is 50.9 Å². The van der Waals surface area contributed by atoms with Crippen molar-refractivity contribution in [1.29, 1.82) is 0 Å². The number of fused-ring (bicyclic) bond motifs is 1. The largest absolute Gasteiger partial charge is 0.271 e. The monoisotopic (exact) mass is 227 g/mol. The molecule has 0 aliphatic heterocycles.